The Labute approximate surface area is 229 Å². The van der Waals surface area contributed by atoms with Gasteiger partial charge >= 0.3 is 0 Å². The van der Waals surface area contributed by atoms with Crippen molar-refractivity contribution in [2.45, 2.75) is 116 Å². The van der Waals surface area contributed by atoms with E-state index in [0.29, 0.717) is 26.4 Å². The van der Waals surface area contributed by atoms with Crippen LogP contribution in [-0.4, -0.2) is 71.3 Å². The smallest absolute Gasteiger partial charge is 0.268 e. The van der Waals surface area contributed by atoms with Crippen molar-refractivity contribution >= 4 is 7.82 Å². The van der Waals surface area contributed by atoms with E-state index in [9.17, 15) is 9.46 Å². The minimum absolute atomic E-state index is 0.0273. The number of likely N-dealkylation sites (N-methyl/N-ethyl adjacent to an activating group) is 1. The molecule has 0 aliphatic carbocycles. The molecule has 0 N–H and O–H groups in total. The Morgan fingerprint density at radius 2 is 1.27 bits per heavy atom. The van der Waals surface area contributed by atoms with E-state index in [1.54, 1.807) is 7.11 Å². The number of ether oxygens (including phenoxy) is 2. The summed E-state index contributed by atoms with van der Waals surface area (Å²) in [5.41, 5.74) is 0. The number of methoxy groups -OCH3 is 1. The maximum atomic E-state index is 12.2. The molecule has 0 spiro atoms. The van der Waals surface area contributed by atoms with Gasteiger partial charge in [0.1, 0.15) is 13.2 Å². The average molecular weight is 550 g/mol. The molecule has 7 nitrogen and oxygen atoms in total. The molecule has 0 aromatic rings. The van der Waals surface area contributed by atoms with Crippen LogP contribution >= 0.6 is 7.82 Å². The van der Waals surface area contributed by atoms with Gasteiger partial charge in [-0.2, -0.15) is 0 Å². The van der Waals surface area contributed by atoms with Gasteiger partial charge in [-0.1, -0.05) is 90.4 Å². The van der Waals surface area contributed by atoms with Gasteiger partial charge in [0, 0.05) is 19.6 Å². The number of hydrogen-bond donors (Lipinski definition) is 0. The van der Waals surface area contributed by atoms with Crippen molar-refractivity contribution in [3.63, 3.8) is 0 Å². The van der Waals surface area contributed by atoms with E-state index in [2.05, 4.69) is 14.0 Å². The van der Waals surface area contributed by atoms with Gasteiger partial charge in [-0.3, -0.25) is 4.57 Å². The van der Waals surface area contributed by atoms with Crippen molar-refractivity contribution in [3.05, 3.63) is 0 Å². The number of unbranched alkanes of at least 4 members (excludes halogenated alkanes) is 13. The molecule has 8 heteroatoms. The molecule has 2 atom stereocenters. The number of hydrogen-bond acceptors (Lipinski definition) is 6. The van der Waals surface area contributed by atoms with Crippen LogP contribution in [0.25, 0.3) is 0 Å². The Hall–Kier alpha value is -0.0100. The zero-order chi connectivity index (χ0) is 27.1. The predicted octanol–water partition coefficient (Wildman–Crippen LogP) is 6.88. The van der Waals surface area contributed by atoms with E-state index in [0.717, 1.165) is 24.0 Å². The highest BCUT2D eigenvalue weighted by atomic mass is 31.2. The molecule has 1 saturated heterocycles. The Morgan fingerprint density at radius 3 is 1.81 bits per heavy atom. The molecule has 1 heterocycles. The Bertz CT molecular complexity index is 559. The van der Waals surface area contributed by atoms with Crippen LogP contribution in [0.15, 0.2) is 0 Å². The van der Waals surface area contributed by atoms with Gasteiger partial charge in [-0.25, -0.2) is 0 Å². The van der Waals surface area contributed by atoms with Crippen molar-refractivity contribution < 1.29 is 32.5 Å². The van der Waals surface area contributed by atoms with Gasteiger partial charge in [0.05, 0.1) is 40.0 Å². The Balaban J connectivity index is 1.99. The zero-order valence-electron chi connectivity index (χ0n) is 24.6. The molecule has 0 aromatic heterocycles. The molecule has 0 aromatic carbocycles. The standard InChI is InChI=1S/C29H60NO6P/c1-4-5-6-7-8-9-10-11-12-13-14-15-16-20-24-34-27-29(26-33-3)28-36-37(31,32)35-25-23-30(2)21-18-17-19-22-30/h29H,4-28H2,1-3H3. The third-order valence-electron chi connectivity index (χ3n) is 7.64. The summed E-state index contributed by atoms with van der Waals surface area (Å²) < 4.78 is 34.4. The first kappa shape index (κ1) is 35.0. The number of quaternary nitrogens is 1. The van der Waals surface area contributed by atoms with E-state index in [4.69, 9.17) is 18.5 Å². The summed E-state index contributed by atoms with van der Waals surface area (Å²) in [5, 5.41) is 0. The minimum Gasteiger partial charge on any atom is -0.756 e. The number of nitrogens with zero attached hydrogens (tertiary/aromatic N) is 1. The van der Waals surface area contributed by atoms with E-state index in [-0.39, 0.29) is 19.1 Å². The lowest BCUT2D eigenvalue weighted by atomic mass is 10.0. The maximum Gasteiger partial charge on any atom is 0.268 e. The Kier molecular flexibility index (Phi) is 21.5. The van der Waals surface area contributed by atoms with Gasteiger partial charge in [0.15, 0.2) is 0 Å². The minimum atomic E-state index is -4.31. The summed E-state index contributed by atoms with van der Waals surface area (Å²) in [5.74, 6) is -0.130. The van der Waals surface area contributed by atoms with Crippen LogP contribution in [0.4, 0.5) is 0 Å². The summed E-state index contributed by atoms with van der Waals surface area (Å²) in [6, 6.07) is 0. The molecular formula is C29H60NO6P. The molecule has 2 unspecified atom stereocenters. The molecule has 0 amide bonds. The second-order valence-electron chi connectivity index (χ2n) is 11.4. The summed E-state index contributed by atoms with van der Waals surface area (Å²) in [6.07, 6.45) is 22.3. The number of phosphoric ester groups is 1. The SMILES string of the molecule is CCCCCCCCCCCCCCCCOCC(COC)COP(=O)([O-])OCC[N+]1(C)CCCCC1. The largest absolute Gasteiger partial charge is 0.756 e. The lowest BCUT2D eigenvalue weighted by Gasteiger charge is -2.38. The number of likely N-dealkylation sites (tertiary alicyclic amines) is 1. The highest BCUT2D eigenvalue weighted by molar-refractivity contribution is 7.45. The highest BCUT2D eigenvalue weighted by Gasteiger charge is 2.25. The predicted molar refractivity (Wildman–Crippen MR) is 151 cm³/mol. The number of piperidine rings is 1. The fourth-order valence-electron chi connectivity index (χ4n) is 5.13. The van der Waals surface area contributed by atoms with E-state index >= 15 is 0 Å². The van der Waals surface area contributed by atoms with Crippen LogP contribution in [0.3, 0.4) is 0 Å². The van der Waals surface area contributed by atoms with Crippen LogP contribution in [0.1, 0.15) is 116 Å². The van der Waals surface area contributed by atoms with E-state index < -0.39 is 7.82 Å². The van der Waals surface area contributed by atoms with Crippen molar-refractivity contribution in [2.75, 3.05) is 66.8 Å². The lowest BCUT2D eigenvalue weighted by molar-refractivity contribution is -0.914. The van der Waals surface area contributed by atoms with Crippen LogP contribution < -0.4 is 4.89 Å². The molecule has 0 radical (unpaired) electrons. The lowest BCUT2D eigenvalue weighted by Crippen LogP contribution is -2.49. The summed E-state index contributed by atoms with van der Waals surface area (Å²) >= 11 is 0. The van der Waals surface area contributed by atoms with Gasteiger partial charge < -0.3 is 27.9 Å². The van der Waals surface area contributed by atoms with Crippen molar-refractivity contribution in [2.24, 2.45) is 5.92 Å². The molecule has 1 fully saturated rings. The first-order chi connectivity index (χ1) is 17.9. The first-order valence-electron chi connectivity index (χ1n) is 15.4. The molecule has 0 saturated carbocycles. The first-order valence-corrected chi connectivity index (χ1v) is 16.9. The molecule has 37 heavy (non-hydrogen) atoms. The topological polar surface area (TPSA) is 77.1 Å². The summed E-state index contributed by atoms with van der Waals surface area (Å²) in [7, 11) is -0.537. The third-order valence-corrected chi connectivity index (χ3v) is 8.61. The van der Waals surface area contributed by atoms with E-state index in [1.165, 1.54) is 103 Å². The van der Waals surface area contributed by atoms with Crippen molar-refractivity contribution in [1.82, 2.24) is 0 Å². The fourth-order valence-corrected chi connectivity index (χ4v) is 5.91. The third kappa shape index (κ3) is 20.5. The van der Waals surface area contributed by atoms with Crippen molar-refractivity contribution in [3.8, 4) is 0 Å². The maximum absolute atomic E-state index is 12.2. The van der Waals surface area contributed by atoms with Crippen LogP contribution in [0, 0.1) is 5.92 Å². The monoisotopic (exact) mass is 549 g/mol. The summed E-state index contributed by atoms with van der Waals surface area (Å²) in [4.78, 5) is 12.2. The van der Waals surface area contributed by atoms with Crippen LogP contribution in [0.5, 0.6) is 0 Å². The average Bonchev–Trinajstić information content (AvgIpc) is 2.87. The molecular weight excluding hydrogens is 489 g/mol. The van der Waals surface area contributed by atoms with Gasteiger partial charge in [0.2, 0.25) is 0 Å². The zero-order valence-corrected chi connectivity index (χ0v) is 25.5. The molecule has 1 aliphatic rings. The Morgan fingerprint density at radius 1 is 0.730 bits per heavy atom. The fraction of sp³-hybridized carbons (Fsp3) is 1.00. The molecule has 1 aliphatic heterocycles. The normalized spacial score (nSPS) is 18.1. The van der Waals surface area contributed by atoms with Crippen LogP contribution in [0.2, 0.25) is 0 Å². The molecule has 222 valence electrons. The number of rotatable bonds is 26. The molecule has 1 rings (SSSR count). The highest BCUT2D eigenvalue weighted by Crippen LogP contribution is 2.38. The van der Waals surface area contributed by atoms with Gasteiger partial charge in [0.25, 0.3) is 7.82 Å². The van der Waals surface area contributed by atoms with Gasteiger partial charge in [-0.05, 0) is 25.7 Å². The second kappa shape index (κ2) is 22.8. The summed E-state index contributed by atoms with van der Waals surface area (Å²) in [6.45, 7) is 6.85. The molecule has 0 bridgehead atoms. The van der Waals surface area contributed by atoms with Crippen LogP contribution in [-0.2, 0) is 23.1 Å². The van der Waals surface area contributed by atoms with Gasteiger partial charge in [-0.15, -0.1) is 0 Å². The second-order valence-corrected chi connectivity index (χ2v) is 12.8. The van der Waals surface area contributed by atoms with E-state index in [1.807, 2.05) is 0 Å². The van der Waals surface area contributed by atoms with Crippen molar-refractivity contribution in [1.29, 1.82) is 0 Å². The number of phosphoric acid groups is 1. The quantitative estimate of drug-likeness (QED) is 0.0665.